The summed E-state index contributed by atoms with van der Waals surface area (Å²) in [6, 6.07) is 0. The monoisotopic (exact) mass is 952 g/mol. The van der Waals surface area contributed by atoms with Crippen LogP contribution in [0.3, 0.4) is 0 Å². The van der Waals surface area contributed by atoms with Gasteiger partial charge in [0.25, 0.3) is 11.1 Å². The lowest BCUT2D eigenvalue weighted by molar-refractivity contribution is -0.0535. The van der Waals surface area contributed by atoms with E-state index in [2.05, 4.69) is 54.4 Å². The number of nitrogens with zero attached hydrogens (tertiary/aromatic N) is 6. The molecule has 0 bridgehead atoms. The van der Waals surface area contributed by atoms with Crippen LogP contribution in [-0.2, 0) is 41.0 Å². The molecule has 22 nitrogen and oxygen atoms in total. The van der Waals surface area contributed by atoms with Crippen molar-refractivity contribution in [3.8, 4) is 0 Å². The van der Waals surface area contributed by atoms with Crippen molar-refractivity contribution in [2.75, 3.05) is 24.7 Å². The number of aromatic nitrogens is 8. The summed E-state index contributed by atoms with van der Waals surface area (Å²) in [7, 11) is -8.09. The van der Waals surface area contributed by atoms with Crippen LogP contribution in [0.4, 0.5) is 11.9 Å². The predicted octanol–water partition coefficient (Wildman–Crippen LogP) is 4.13. The largest absolute Gasteiger partial charge is 0.408 e. The van der Waals surface area contributed by atoms with Gasteiger partial charge in [0.2, 0.25) is 19.1 Å². The molecule has 0 amide bonds. The summed E-state index contributed by atoms with van der Waals surface area (Å²) in [4.78, 5) is 47.1. The van der Waals surface area contributed by atoms with Crippen LogP contribution in [-0.4, -0.2) is 111 Å². The molecule has 28 heteroatoms. The summed E-state index contributed by atoms with van der Waals surface area (Å²) in [5, 5.41) is 11.2. The number of imidazole rings is 2. The van der Waals surface area contributed by atoms with Crippen LogP contribution in [0.2, 0.25) is 36.3 Å². The Bertz CT molecular complexity index is 2420. The molecule has 0 aromatic carbocycles. The predicted molar refractivity (Wildman–Crippen MR) is 234 cm³/mol. The Morgan fingerprint density at radius 2 is 1.28 bits per heavy atom. The Morgan fingerprint density at radius 3 is 1.77 bits per heavy atom. The van der Waals surface area contributed by atoms with Crippen LogP contribution < -0.4 is 22.6 Å². The first-order valence-corrected chi connectivity index (χ1v) is 30.0. The maximum absolute atomic E-state index is 14.6. The van der Waals surface area contributed by atoms with E-state index >= 15 is 0 Å². The maximum atomic E-state index is 14.6. The number of nitrogens with two attached hydrogens (primary N) is 2. The molecule has 4 unspecified atom stereocenters. The molecule has 2 aliphatic rings. The molecule has 0 aliphatic carbocycles. The van der Waals surface area contributed by atoms with Crippen LogP contribution in [0.1, 0.15) is 54.0 Å². The van der Waals surface area contributed by atoms with Gasteiger partial charge in [-0.2, -0.15) is 9.97 Å². The van der Waals surface area contributed by atoms with Crippen molar-refractivity contribution >= 4 is 89.4 Å². The second-order valence-electron chi connectivity index (χ2n) is 17.8. The van der Waals surface area contributed by atoms with Gasteiger partial charge < -0.3 is 39.4 Å². The normalized spacial score (nSPS) is 27.2. The van der Waals surface area contributed by atoms with Crippen LogP contribution in [0.5, 0.6) is 0 Å². The number of anilines is 2. The minimum Gasteiger partial charge on any atom is -0.408 e. The van der Waals surface area contributed by atoms with Gasteiger partial charge >= 0.3 is 6.80 Å². The average molecular weight is 953 g/mol. The van der Waals surface area contributed by atoms with E-state index in [0.717, 1.165) is 0 Å². The molecule has 6 heterocycles. The summed E-state index contributed by atoms with van der Waals surface area (Å²) >= 11 is 8.36. The molecule has 334 valence electrons. The van der Waals surface area contributed by atoms with Crippen LogP contribution in [0.25, 0.3) is 22.3 Å². The number of ether oxygens (including phenoxy) is 2. The lowest BCUT2D eigenvalue weighted by Crippen LogP contribution is -2.50. The van der Waals surface area contributed by atoms with E-state index in [4.69, 9.17) is 43.4 Å². The van der Waals surface area contributed by atoms with Gasteiger partial charge in [0.1, 0.15) is 36.6 Å². The fourth-order valence-electron chi connectivity index (χ4n) is 6.35. The van der Waals surface area contributed by atoms with E-state index in [9.17, 15) is 23.8 Å². The number of aliphatic hydroxyl groups excluding tert-OH is 1. The van der Waals surface area contributed by atoms with Gasteiger partial charge in [-0.1, -0.05) is 66.0 Å². The number of nitrogens with one attached hydrogen (secondary N) is 2. The maximum Gasteiger partial charge on any atom is 0.386 e. The summed E-state index contributed by atoms with van der Waals surface area (Å²) < 4.78 is 73.6. The number of fused-ring (bicyclic) bond motifs is 2. The van der Waals surface area contributed by atoms with E-state index in [1.807, 2.05) is 67.7 Å². The highest BCUT2D eigenvalue weighted by Gasteiger charge is 2.55. The number of hydrogen-bond donors (Lipinski definition) is 7. The highest BCUT2D eigenvalue weighted by atomic mass is 32.7. The van der Waals surface area contributed by atoms with Gasteiger partial charge in [-0.15, -0.1) is 0 Å². The fraction of sp³-hybridized carbons (Fsp3) is 0.688. The molecule has 10 atom stereocenters. The van der Waals surface area contributed by atoms with Crippen molar-refractivity contribution in [3.63, 3.8) is 0 Å². The summed E-state index contributed by atoms with van der Waals surface area (Å²) in [6.07, 6.45) is -6.70. The molecular weight excluding hydrogens is 899 g/mol. The summed E-state index contributed by atoms with van der Waals surface area (Å²) in [5.74, 6) is -0.366. The van der Waals surface area contributed by atoms with Crippen molar-refractivity contribution in [2.24, 2.45) is 0 Å². The fourth-order valence-corrected chi connectivity index (χ4v) is 11.0. The minimum atomic E-state index is -4.49. The molecule has 0 radical (unpaired) electrons. The van der Waals surface area contributed by atoms with Crippen LogP contribution in [0.15, 0.2) is 22.2 Å². The van der Waals surface area contributed by atoms with Gasteiger partial charge in [-0.05, 0) is 36.3 Å². The number of rotatable bonds is 14. The molecule has 4 aromatic heterocycles. The molecular formula is C32H54N10O12P2S2Si2. The Kier molecular flexibility index (Phi) is 13.3. The number of H-pyrrole nitrogens is 2. The van der Waals surface area contributed by atoms with Crippen molar-refractivity contribution in [1.29, 1.82) is 0 Å². The van der Waals surface area contributed by atoms with Crippen molar-refractivity contribution < 1.29 is 46.1 Å². The number of aromatic amines is 2. The Hall–Kier alpha value is -2.43. The molecule has 0 saturated carbocycles. The molecule has 4 aromatic rings. The number of thiol groups is 2. The zero-order valence-corrected chi connectivity index (χ0v) is 40.5. The molecule has 7 N–H and O–H groups in total. The molecule has 2 fully saturated rings. The Morgan fingerprint density at radius 1 is 0.833 bits per heavy atom. The molecule has 2 saturated heterocycles. The smallest absolute Gasteiger partial charge is 0.386 e. The van der Waals surface area contributed by atoms with E-state index in [1.54, 1.807) is 0 Å². The third-order valence-electron chi connectivity index (χ3n) is 11.5. The highest BCUT2D eigenvalue weighted by Crippen LogP contribution is 2.58. The summed E-state index contributed by atoms with van der Waals surface area (Å²) in [5.41, 5.74) is 10.6. The van der Waals surface area contributed by atoms with E-state index < -0.39 is 97.5 Å². The van der Waals surface area contributed by atoms with Crippen molar-refractivity contribution in [3.05, 3.63) is 33.4 Å². The van der Waals surface area contributed by atoms with E-state index in [-0.39, 0.29) is 50.9 Å². The number of nitrogen functional groups attached to an aromatic ring is 2. The van der Waals surface area contributed by atoms with Gasteiger partial charge in [0.05, 0.1) is 25.9 Å². The third-order valence-corrected chi connectivity index (χ3v) is 22.9. The first kappa shape index (κ1) is 47.1. The number of aliphatic hydroxyl groups is 1. The van der Waals surface area contributed by atoms with E-state index in [1.165, 1.54) is 21.8 Å². The minimum absolute atomic E-state index is 0.0236. The Balaban J connectivity index is 1.36. The zero-order valence-electron chi connectivity index (χ0n) is 34.8. The van der Waals surface area contributed by atoms with E-state index in [0.29, 0.717) is 0 Å². The van der Waals surface area contributed by atoms with Crippen LogP contribution >= 0.6 is 38.5 Å². The lowest BCUT2D eigenvalue weighted by atomic mass is 10.1. The summed E-state index contributed by atoms with van der Waals surface area (Å²) in [6.45, 7) is 14.9. The second-order valence-corrected chi connectivity index (χ2v) is 32.1. The lowest BCUT2D eigenvalue weighted by Gasteiger charge is -2.40. The SMILES string of the molecule is CC(C)(C)[Si](C)(C)OC1[C@@H](O)[C@H](n2cnc3c(=O)[nH]c(N)nc32)O[C@@H]1COP(=O)(S)O[C@@H]1C(O[Si](C)(C)C(C)(C)C)[C@@H](CO[PH](=O)S)O[C@H]1n1cnc2c(=O)[nH]c(N)nc21. The first-order valence-electron chi connectivity index (χ1n) is 18.9. The molecule has 60 heavy (non-hydrogen) atoms. The van der Waals surface area contributed by atoms with Crippen molar-refractivity contribution in [2.45, 2.75) is 127 Å². The first-order chi connectivity index (χ1) is 27.6. The quantitative estimate of drug-likeness (QED) is 0.0531. The van der Waals surface area contributed by atoms with Gasteiger partial charge in [0.15, 0.2) is 51.4 Å². The highest BCUT2D eigenvalue weighted by molar-refractivity contribution is 8.44. The van der Waals surface area contributed by atoms with Gasteiger partial charge in [-0.25, -0.2) is 14.5 Å². The molecule has 2 aliphatic heterocycles. The molecule has 6 rings (SSSR count). The van der Waals surface area contributed by atoms with Crippen molar-refractivity contribution in [1.82, 2.24) is 39.0 Å². The van der Waals surface area contributed by atoms with Gasteiger partial charge in [-0.3, -0.25) is 42.3 Å². The zero-order chi connectivity index (χ0) is 44.5. The Labute approximate surface area is 358 Å². The van der Waals surface area contributed by atoms with Crippen LogP contribution in [0, 0.1) is 0 Å². The topological polar surface area (TPSA) is 298 Å². The molecule has 0 spiro atoms. The number of hydrogen-bond acceptors (Lipinski definition) is 18. The standard InChI is InChI=1S/C32H54N10O12P2S2Si2/c1-31(2,3)59(7,8)53-20-16(50-27(19(20)43)41-13-35-17-23(41)37-29(33)39-25(17)44)12-49-56(47,58)52-22-21(54-60(9,10)32(4,5)6)15(11-48-55(46)57)51-28(22)42-14-36-18-24(42)38-30(34)40-26(18)45/h13-16,19-22,27-28,43,55H,11-12H2,1-10H3,(H,46,57)(H,47,58)(H3,33,37,39,44)(H3,34,38,40,45)/t15-,16-,19-,20?,21?,22-,27-,28-,56?/m1/s1. The van der Waals surface area contributed by atoms with Gasteiger partial charge in [0, 0.05) is 0 Å². The average Bonchev–Trinajstić information content (AvgIpc) is 3.86. The third kappa shape index (κ3) is 9.56. The second kappa shape index (κ2) is 16.9.